The first-order chi connectivity index (χ1) is 5.36. The van der Waals surface area contributed by atoms with Crippen molar-refractivity contribution in [2.45, 2.75) is 6.92 Å². The topological polar surface area (TPSA) is 29.5 Å². The first-order valence-corrected chi connectivity index (χ1v) is 3.57. The second kappa shape index (κ2) is 3.98. The third-order valence-electron chi connectivity index (χ3n) is 1.32. The molecular weight excluding hydrogens is 140 g/mol. The van der Waals surface area contributed by atoms with Crippen LogP contribution in [0, 0.1) is 6.61 Å². The monoisotopic (exact) mass is 151 g/mol. The van der Waals surface area contributed by atoms with Crippen LogP contribution in [0.1, 0.15) is 12.5 Å². The summed E-state index contributed by atoms with van der Waals surface area (Å²) in [5, 5.41) is 8.65. The summed E-state index contributed by atoms with van der Waals surface area (Å²) in [6.45, 7) is 3.63. The van der Waals surface area contributed by atoms with E-state index in [4.69, 9.17) is 9.84 Å². The predicted molar refractivity (Wildman–Crippen MR) is 42.9 cm³/mol. The maximum absolute atomic E-state index is 8.65. The van der Waals surface area contributed by atoms with Gasteiger partial charge in [0.05, 0.1) is 6.61 Å². The third-order valence-corrected chi connectivity index (χ3v) is 1.32. The van der Waals surface area contributed by atoms with Crippen LogP contribution >= 0.6 is 0 Å². The highest BCUT2D eigenvalue weighted by molar-refractivity contribution is 5.31. The van der Waals surface area contributed by atoms with E-state index in [1.165, 1.54) is 0 Å². The normalized spacial score (nSPS) is 9.64. The minimum Gasteiger partial charge on any atom is -0.494 e. The lowest BCUT2D eigenvalue weighted by Gasteiger charge is -2.02. The molecule has 1 N–H and O–H groups in total. The fourth-order valence-electron chi connectivity index (χ4n) is 0.851. The van der Waals surface area contributed by atoms with Crippen molar-refractivity contribution in [3.8, 4) is 5.75 Å². The summed E-state index contributed by atoms with van der Waals surface area (Å²) in [5.41, 5.74) is 0.760. The summed E-state index contributed by atoms with van der Waals surface area (Å²) in [6, 6.07) is 7.29. The standard InChI is InChI=1S/C9H11O2/c1-2-11-9-5-3-4-8(6-9)7-10/h3-7,10H,2H2,1H3. The number of benzene rings is 1. The molecule has 1 rings (SSSR count). The number of aliphatic hydroxyl groups excluding tert-OH is 1. The fraction of sp³-hybridized carbons (Fsp3) is 0.222. The van der Waals surface area contributed by atoms with Crippen molar-refractivity contribution in [1.82, 2.24) is 0 Å². The molecule has 0 heterocycles. The number of aliphatic hydroxyl groups is 1. The van der Waals surface area contributed by atoms with Gasteiger partial charge in [0.25, 0.3) is 0 Å². The van der Waals surface area contributed by atoms with Gasteiger partial charge in [-0.1, -0.05) is 12.1 Å². The van der Waals surface area contributed by atoms with Gasteiger partial charge in [-0.2, -0.15) is 0 Å². The molecule has 2 heteroatoms. The van der Waals surface area contributed by atoms with Gasteiger partial charge in [0, 0.05) is 0 Å². The molecule has 1 aromatic rings. The van der Waals surface area contributed by atoms with E-state index in [0.29, 0.717) is 6.61 Å². The van der Waals surface area contributed by atoms with Crippen LogP contribution in [-0.4, -0.2) is 11.7 Å². The number of hydrogen-bond acceptors (Lipinski definition) is 2. The van der Waals surface area contributed by atoms with Gasteiger partial charge in [-0.15, -0.1) is 0 Å². The van der Waals surface area contributed by atoms with Crippen LogP contribution < -0.4 is 4.74 Å². The van der Waals surface area contributed by atoms with Gasteiger partial charge >= 0.3 is 0 Å². The van der Waals surface area contributed by atoms with E-state index < -0.39 is 0 Å². The number of ether oxygens (including phenoxy) is 1. The summed E-state index contributed by atoms with van der Waals surface area (Å²) in [4.78, 5) is 0. The van der Waals surface area contributed by atoms with Gasteiger partial charge in [-0.25, -0.2) is 0 Å². The maximum Gasteiger partial charge on any atom is 0.119 e. The van der Waals surface area contributed by atoms with Crippen LogP contribution in [0.5, 0.6) is 5.75 Å². The summed E-state index contributed by atoms with van der Waals surface area (Å²) in [7, 11) is 0. The maximum atomic E-state index is 8.65. The van der Waals surface area contributed by atoms with E-state index in [2.05, 4.69) is 0 Å². The first kappa shape index (κ1) is 8.08. The van der Waals surface area contributed by atoms with Crippen molar-refractivity contribution in [2.75, 3.05) is 6.61 Å². The summed E-state index contributed by atoms with van der Waals surface area (Å²) >= 11 is 0. The molecule has 1 radical (unpaired) electrons. The quantitative estimate of drug-likeness (QED) is 0.715. The van der Waals surface area contributed by atoms with Gasteiger partial charge < -0.3 is 9.84 Å². The number of rotatable bonds is 3. The zero-order valence-electron chi connectivity index (χ0n) is 6.45. The van der Waals surface area contributed by atoms with Gasteiger partial charge in [0.1, 0.15) is 12.4 Å². The van der Waals surface area contributed by atoms with Crippen LogP contribution in [0.2, 0.25) is 0 Å². The molecule has 0 bridgehead atoms. The molecule has 59 valence electrons. The molecule has 2 nitrogen and oxygen atoms in total. The molecule has 0 atom stereocenters. The van der Waals surface area contributed by atoms with Crippen LogP contribution in [-0.2, 0) is 0 Å². The molecular formula is C9H11O2. The molecule has 0 spiro atoms. The highest BCUT2D eigenvalue weighted by Gasteiger charge is 1.93. The van der Waals surface area contributed by atoms with Gasteiger partial charge in [0.2, 0.25) is 0 Å². The Labute approximate surface area is 66.4 Å². The van der Waals surface area contributed by atoms with Crippen molar-refractivity contribution >= 4 is 0 Å². The van der Waals surface area contributed by atoms with Crippen molar-refractivity contribution in [3.63, 3.8) is 0 Å². The summed E-state index contributed by atoms with van der Waals surface area (Å²) in [6.07, 6.45) is 0. The third kappa shape index (κ3) is 2.24. The highest BCUT2D eigenvalue weighted by Crippen LogP contribution is 2.13. The Hall–Kier alpha value is -1.02. The zero-order chi connectivity index (χ0) is 8.10. The van der Waals surface area contributed by atoms with E-state index >= 15 is 0 Å². The van der Waals surface area contributed by atoms with E-state index in [0.717, 1.165) is 17.9 Å². The lowest BCUT2D eigenvalue weighted by Crippen LogP contribution is -1.91. The molecule has 11 heavy (non-hydrogen) atoms. The Kier molecular flexibility index (Phi) is 2.93. The number of hydrogen-bond donors (Lipinski definition) is 1. The Balaban J connectivity index is 2.74. The van der Waals surface area contributed by atoms with Crippen LogP contribution in [0.3, 0.4) is 0 Å². The minimum absolute atomic E-state index is 0.648. The molecule has 0 aliphatic heterocycles. The van der Waals surface area contributed by atoms with Crippen LogP contribution in [0.4, 0.5) is 0 Å². The highest BCUT2D eigenvalue weighted by atomic mass is 16.5. The Morgan fingerprint density at radius 3 is 3.00 bits per heavy atom. The Bertz CT molecular complexity index is 221. The lowest BCUT2D eigenvalue weighted by atomic mass is 10.2. The molecule has 0 aliphatic rings. The van der Waals surface area contributed by atoms with E-state index in [9.17, 15) is 0 Å². The molecule has 0 aromatic heterocycles. The molecule has 0 saturated carbocycles. The van der Waals surface area contributed by atoms with Crippen molar-refractivity contribution < 1.29 is 9.84 Å². The summed E-state index contributed by atoms with van der Waals surface area (Å²) < 4.78 is 5.22. The van der Waals surface area contributed by atoms with Crippen LogP contribution in [0.25, 0.3) is 0 Å². The lowest BCUT2D eigenvalue weighted by molar-refractivity contribution is 0.339. The predicted octanol–water partition coefficient (Wildman–Crippen LogP) is 1.97. The van der Waals surface area contributed by atoms with E-state index in [1.54, 1.807) is 6.07 Å². The van der Waals surface area contributed by atoms with Crippen LogP contribution in [0.15, 0.2) is 24.3 Å². The average molecular weight is 151 g/mol. The second-order valence-electron chi connectivity index (χ2n) is 2.13. The summed E-state index contributed by atoms with van der Waals surface area (Å²) in [5.74, 6) is 0.787. The molecule has 0 aliphatic carbocycles. The molecule has 0 amide bonds. The first-order valence-electron chi connectivity index (χ1n) is 3.57. The van der Waals surface area contributed by atoms with Gasteiger partial charge in [0.15, 0.2) is 0 Å². The Morgan fingerprint density at radius 1 is 1.55 bits per heavy atom. The Morgan fingerprint density at radius 2 is 2.36 bits per heavy atom. The van der Waals surface area contributed by atoms with Gasteiger partial charge in [-0.3, -0.25) is 0 Å². The van der Waals surface area contributed by atoms with E-state index in [1.807, 2.05) is 25.1 Å². The van der Waals surface area contributed by atoms with Crippen molar-refractivity contribution in [2.24, 2.45) is 0 Å². The zero-order valence-corrected chi connectivity index (χ0v) is 6.45. The van der Waals surface area contributed by atoms with Crippen molar-refractivity contribution in [1.29, 1.82) is 0 Å². The van der Waals surface area contributed by atoms with E-state index in [-0.39, 0.29) is 0 Å². The smallest absolute Gasteiger partial charge is 0.119 e. The largest absolute Gasteiger partial charge is 0.494 e. The SMILES string of the molecule is CCOc1cccc([CH]O)c1. The average Bonchev–Trinajstić information content (AvgIpc) is 2.06. The molecule has 1 aromatic carbocycles. The van der Waals surface area contributed by atoms with Gasteiger partial charge in [-0.05, 0) is 24.6 Å². The molecule has 0 saturated heterocycles. The molecule has 0 fully saturated rings. The van der Waals surface area contributed by atoms with Crippen molar-refractivity contribution in [3.05, 3.63) is 36.4 Å². The second-order valence-corrected chi connectivity index (χ2v) is 2.13. The minimum atomic E-state index is 0.648. The molecule has 0 unspecified atom stereocenters. The fourth-order valence-corrected chi connectivity index (χ4v) is 0.851.